The number of amides is 3. The van der Waals surface area contributed by atoms with Gasteiger partial charge >= 0.3 is 6.03 Å². The average molecular weight is 220 g/mol. The molecule has 0 spiro atoms. The highest BCUT2D eigenvalue weighted by molar-refractivity contribution is 5.95. The second-order valence-electron chi connectivity index (χ2n) is 3.92. The summed E-state index contributed by atoms with van der Waals surface area (Å²) in [5.41, 5.74) is 1.89. The van der Waals surface area contributed by atoms with Crippen LogP contribution < -0.4 is 5.32 Å². The number of carbonyl (C=O) groups is 2. The van der Waals surface area contributed by atoms with Crippen molar-refractivity contribution in [3.63, 3.8) is 0 Å². The zero-order chi connectivity index (χ0) is 12.1. The summed E-state index contributed by atoms with van der Waals surface area (Å²) in [5.74, 6) is 0.461. The Morgan fingerprint density at radius 1 is 1.31 bits per heavy atom. The van der Waals surface area contributed by atoms with Crippen LogP contribution in [0, 0.1) is 0 Å². The molecule has 0 fully saturated rings. The number of rotatable bonds is 3. The average Bonchev–Trinajstić information content (AvgIpc) is 2.28. The smallest absolute Gasteiger partial charge is 0.307 e. The normalized spacial score (nSPS) is 10.0. The van der Waals surface area contributed by atoms with E-state index in [1.165, 1.54) is 12.6 Å². The monoisotopic (exact) mass is 220 g/mol. The van der Waals surface area contributed by atoms with Crippen molar-refractivity contribution in [2.24, 2.45) is 0 Å². The van der Waals surface area contributed by atoms with E-state index in [2.05, 4.69) is 19.2 Å². The number of carbonyl (C=O) groups excluding carboxylic acids is 2. The molecule has 1 N–H and O–H groups in total. The molecule has 86 valence electrons. The molecule has 0 saturated carbocycles. The van der Waals surface area contributed by atoms with Gasteiger partial charge in [0.1, 0.15) is 0 Å². The summed E-state index contributed by atoms with van der Waals surface area (Å²) < 4.78 is 0. The molecule has 1 aromatic carbocycles. The van der Waals surface area contributed by atoms with Crippen LogP contribution in [0.2, 0.25) is 0 Å². The van der Waals surface area contributed by atoms with Crippen LogP contribution in [0.4, 0.5) is 10.5 Å². The van der Waals surface area contributed by atoms with E-state index in [-0.39, 0.29) is 0 Å². The zero-order valence-electron chi connectivity index (χ0n) is 9.73. The van der Waals surface area contributed by atoms with Crippen LogP contribution in [0.1, 0.15) is 25.3 Å². The van der Waals surface area contributed by atoms with Crippen LogP contribution in [0.25, 0.3) is 0 Å². The maximum atomic E-state index is 11.3. The first kappa shape index (κ1) is 12.2. The van der Waals surface area contributed by atoms with Gasteiger partial charge in [-0.15, -0.1) is 0 Å². The molecular formula is C12H16N2O2. The van der Waals surface area contributed by atoms with Gasteiger partial charge < -0.3 is 5.32 Å². The topological polar surface area (TPSA) is 49.4 Å². The van der Waals surface area contributed by atoms with Crippen molar-refractivity contribution in [3.8, 4) is 0 Å². The highest BCUT2D eigenvalue weighted by Crippen LogP contribution is 2.17. The van der Waals surface area contributed by atoms with Gasteiger partial charge in [-0.2, -0.15) is 0 Å². The van der Waals surface area contributed by atoms with Gasteiger partial charge in [-0.25, -0.2) is 4.79 Å². The molecule has 0 saturated heterocycles. The van der Waals surface area contributed by atoms with Crippen molar-refractivity contribution in [2.45, 2.75) is 19.8 Å². The SMILES string of the molecule is CC(C)c1ccc(NC(=O)N(C)C=O)cc1. The second-order valence-corrected chi connectivity index (χ2v) is 3.92. The predicted octanol–water partition coefficient (Wildman–Crippen LogP) is 2.43. The lowest BCUT2D eigenvalue weighted by Gasteiger charge is -2.11. The molecule has 1 aromatic rings. The third kappa shape index (κ3) is 3.08. The summed E-state index contributed by atoms with van der Waals surface area (Å²) in [5, 5.41) is 2.61. The fraction of sp³-hybridized carbons (Fsp3) is 0.333. The van der Waals surface area contributed by atoms with Crippen LogP contribution in [-0.2, 0) is 4.79 Å². The summed E-state index contributed by atoms with van der Waals surface area (Å²) in [6.07, 6.45) is 0.470. The third-order valence-electron chi connectivity index (χ3n) is 2.31. The molecule has 0 radical (unpaired) electrons. The molecule has 3 amide bonds. The van der Waals surface area contributed by atoms with Crippen LogP contribution in [0.15, 0.2) is 24.3 Å². The highest BCUT2D eigenvalue weighted by atomic mass is 16.2. The minimum atomic E-state index is -0.438. The lowest BCUT2D eigenvalue weighted by molar-refractivity contribution is -0.114. The maximum Gasteiger partial charge on any atom is 0.328 e. The van der Waals surface area contributed by atoms with E-state index in [0.29, 0.717) is 18.0 Å². The molecule has 16 heavy (non-hydrogen) atoms. The first-order chi connectivity index (χ1) is 7.54. The van der Waals surface area contributed by atoms with Crippen LogP contribution >= 0.6 is 0 Å². The summed E-state index contributed by atoms with van der Waals surface area (Å²) in [4.78, 5) is 22.6. The van der Waals surface area contributed by atoms with Gasteiger partial charge in [0.15, 0.2) is 0 Å². The predicted molar refractivity (Wildman–Crippen MR) is 63.4 cm³/mol. The number of urea groups is 1. The van der Waals surface area contributed by atoms with E-state index < -0.39 is 6.03 Å². The van der Waals surface area contributed by atoms with Crippen molar-refractivity contribution >= 4 is 18.1 Å². The standard InChI is InChI=1S/C12H16N2O2/c1-9(2)10-4-6-11(7-5-10)13-12(16)14(3)8-15/h4-9H,1-3H3,(H,13,16). The Hall–Kier alpha value is -1.84. The molecule has 1 rings (SSSR count). The van der Waals surface area contributed by atoms with Crippen molar-refractivity contribution < 1.29 is 9.59 Å². The fourth-order valence-corrected chi connectivity index (χ4v) is 1.21. The number of anilines is 1. The van der Waals surface area contributed by atoms with Crippen molar-refractivity contribution in [1.29, 1.82) is 0 Å². The van der Waals surface area contributed by atoms with E-state index in [0.717, 1.165) is 4.90 Å². The van der Waals surface area contributed by atoms with Crippen molar-refractivity contribution in [2.75, 3.05) is 12.4 Å². The van der Waals surface area contributed by atoms with Crippen molar-refractivity contribution in [1.82, 2.24) is 4.90 Å². The molecule has 4 nitrogen and oxygen atoms in total. The Kier molecular flexibility index (Phi) is 4.05. The summed E-state index contributed by atoms with van der Waals surface area (Å²) in [6.45, 7) is 4.21. The Balaban J connectivity index is 2.69. The number of benzene rings is 1. The molecule has 0 aromatic heterocycles. The Morgan fingerprint density at radius 3 is 2.31 bits per heavy atom. The van der Waals surface area contributed by atoms with Crippen molar-refractivity contribution in [3.05, 3.63) is 29.8 Å². The lowest BCUT2D eigenvalue weighted by atomic mass is 10.0. The van der Waals surface area contributed by atoms with E-state index in [1.54, 1.807) is 0 Å². The molecule has 0 bridgehead atoms. The van der Waals surface area contributed by atoms with Gasteiger partial charge in [-0.05, 0) is 23.6 Å². The van der Waals surface area contributed by atoms with E-state index in [4.69, 9.17) is 0 Å². The Bertz CT molecular complexity index is 371. The Morgan fingerprint density at radius 2 is 1.88 bits per heavy atom. The molecule has 0 atom stereocenters. The summed E-state index contributed by atoms with van der Waals surface area (Å²) >= 11 is 0. The summed E-state index contributed by atoms with van der Waals surface area (Å²) in [7, 11) is 1.41. The second kappa shape index (κ2) is 5.30. The van der Waals surface area contributed by atoms with Gasteiger partial charge in [-0.3, -0.25) is 9.69 Å². The molecule has 0 aliphatic heterocycles. The van der Waals surface area contributed by atoms with E-state index >= 15 is 0 Å². The minimum Gasteiger partial charge on any atom is -0.307 e. The largest absolute Gasteiger partial charge is 0.328 e. The number of hydrogen-bond donors (Lipinski definition) is 1. The summed E-state index contributed by atoms with van der Waals surface area (Å²) in [6, 6.07) is 7.13. The lowest BCUT2D eigenvalue weighted by Crippen LogP contribution is -2.29. The van der Waals surface area contributed by atoms with E-state index in [9.17, 15) is 9.59 Å². The third-order valence-corrected chi connectivity index (χ3v) is 2.31. The number of hydrogen-bond acceptors (Lipinski definition) is 2. The molecule has 0 heterocycles. The van der Waals surface area contributed by atoms with Gasteiger partial charge in [-0.1, -0.05) is 26.0 Å². The minimum absolute atomic E-state index is 0.438. The van der Waals surface area contributed by atoms with Gasteiger partial charge in [0.25, 0.3) is 0 Å². The molecule has 0 unspecified atom stereocenters. The number of nitrogens with one attached hydrogen (secondary N) is 1. The number of imide groups is 1. The van der Waals surface area contributed by atoms with Gasteiger partial charge in [0.2, 0.25) is 6.41 Å². The van der Waals surface area contributed by atoms with Crippen LogP contribution in [0.5, 0.6) is 0 Å². The van der Waals surface area contributed by atoms with Crippen LogP contribution in [0.3, 0.4) is 0 Å². The molecule has 0 aliphatic rings. The first-order valence-electron chi connectivity index (χ1n) is 5.13. The molecule has 0 aliphatic carbocycles. The number of nitrogens with zero attached hydrogens (tertiary/aromatic N) is 1. The highest BCUT2D eigenvalue weighted by Gasteiger charge is 2.07. The van der Waals surface area contributed by atoms with Crippen LogP contribution in [-0.4, -0.2) is 24.4 Å². The van der Waals surface area contributed by atoms with Gasteiger partial charge in [0, 0.05) is 12.7 Å². The quantitative estimate of drug-likeness (QED) is 0.795. The molecule has 4 heteroatoms. The Labute approximate surface area is 95.3 Å². The van der Waals surface area contributed by atoms with E-state index in [1.807, 2.05) is 24.3 Å². The fourth-order valence-electron chi connectivity index (χ4n) is 1.21. The maximum absolute atomic E-state index is 11.3. The molecular weight excluding hydrogens is 204 g/mol. The first-order valence-corrected chi connectivity index (χ1v) is 5.13. The zero-order valence-corrected chi connectivity index (χ0v) is 9.73. The van der Waals surface area contributed by atoms with Gasteiger partial charge in [0.05, 0.1) is 0 Å².